The van der Waals surface area contributed by atoms with Gasteiger partial charge in [-0.1, -0.05) is 6.92 Å². The number of halogens is 2. The molecule has 6 nitrogen and oxygen atoms in total. The van der Waals surface area contributed by atoms with Gasteiger partial charge in [0.05, 0.1) is 11.2 Å². The Balaban J connectivity index is 2.05. The summed E-state index contributed by atoms with van der Waals surface area (Å²) in [6, 6.07) is 0. The van der Waals surface area contributed by atoms with Gasteiger partial charge in [-0.2, -0.15) is 17.2 Å². The van der Waals surface area contributed by atoms with Gasteiger partial charge in [-0.25, -0.2) is 0 Å². The van der Waals surface area contributed by atoms with Crippen LogP contribution < -0.4 is 0 Å². The average molecular weight is 386 g/mol. The lowest BCUT2D eigenvalue weighted by Gasteiger charge is -2.55. The van der Waals surface area contributed by atoms with E-state index < -0.39 is 22.0 Å². The van der Waals surface area contributed by atoms with Gasteiger partial charge in [-0.3, -0.25) is 4.55 Å². The van der Waals surface area contributed by atoms with E-state index in [2.05, 4.69) is 6.92 Å². The van der Waals surface area contributed by atoms with Crippen LogP contribution in [0.5, 0.6) is 0 Å². The molecule has 2 aliphatic rings. The summed E-state index contributed by atoms with van der Waals surface area (Å²) in [5.41, 5.74) is -0.731. The third-order valence-corrected chi connectivity index (χ3v) is 6.16. The van der Waals surface area contributed by atoms with Crippen LogP contribution in [0.2, 0.25) is 0 Å². The molecule has 0 spiro atoms. The number of alkyl halides is 2. The maximum absolute atomic E-state index is 13.3. The number of hydrogen-bond acceptors (Lipinski definition) is 5. The maximum atomic E-state index is 13.3. The predicted octanol–water partition coefficient (Wildman–Crippen LogP) is 2.87. The lowest BCUT2D eigenvalue weighted by Crippen LogP contribution is -2.57. The first-order valence-corrected chi connectivity index (χ1v) is 10.0. The highest BCUT2D eigenvalue weighted by molar-refractivity contribution is 7.86. The second-order valence-corrected chi connectivity index (χ2v) is 9.14. The molecular formula is C16H28F2O6S. The Morgan fingerprint density at radius 1 is 1.20 bits per heavy atom. The molecule has 0 heterocycles. The normalized spacial score (nSPS) is 36.4. The van der Waals surface area contributed by atoms with Crippen molar-refractivity contribution in [3.63, 3.8) is 0 Å². The molecule has 0 aromatic carbocycles. The van der Waals surface area contributed by atoms with E-state index in [-0.39, 0.29) is 23.7 Å². The molecule has 0 saturated heterocycles. The van der Waals surface area contributed by atoms with Gasteiger partial charge in [0, 0.05) is 26.7 Å². The Labute approximate surface area is 148 Å². The lowest BCUT2D eigenvalue weighted by molar-refractivity contribution is -0.204. The first kappa shape index (κ1) is 21.0. The molecule has 1 N–H and O–H groups in total. The zero-order valence-electron chi connectivity index (χ0n) is 15.0. The summed E-state index contributed by atoms with van der Waals surface area (Å²) in [5.74, 6) is 0.357. The fourth-order valence-corrected chi connectivity index (χ4v) is 4.99. The molecule has 9 heteroatoms. The van der Waals surface area contributed by atoms with E-state index in [1.165, 1.54) is 0 Å². The van der Waals surface area contributed by atoms with Gasteiger partial charge in [-0.05, 0) is 44.4 Å². The van der Waals surface area contributed by atoms with Gasteiger partial charge < -0.3 is 14.2 Å². The van der Waals surface area contributed by atoms with Crippen LogP contribution in [0.3, 0.4) is 0 Å². The monoisotopic (exact) mass is 386 g/mol. The zero-order chi connectivity index (χ0) is 18.9. The topological polar surface area (TPSA) is 82.1 Å². The Hall–Kier alpha value is -0.350. The number of fused-ring (bicyclic) bond motifs is 2. The van der Waals surface area contributed by atoms with Crippen molar-refractivity contribution in [3.05, 3.63) is 0 Å². The standard InChI is InChI=1S/C16H28F2O6S/c1-4-24-15-6-12(2)5-14(10-15,22-3)7-13(8-15)9-23-11-16(17,18)25(19,20)21/h12-13H,4-11H2,1-3H3,(H,19,20,21). The minimum Gasteiger partial charge on any atom is -0.378 e. The van der Waals surface area contributed by atoms with Crippen LogP contribution >= 0.6 is 0 Å². The second-order valence-electron chi connectivity index (χ2n) is 7.60. The van der Waals surface area contributed by atoms with Crippen LogP contribution in [-0.2, 0) is 24.3 Å². The van der Waals surface area contributed by atoms with Crippen molar-refractivity contribution in [1.29, 1.82) is 0 Å². The summed E-state index contributed by atoms with van der Waals surface area (Å²) in [5, 5.41) is -4.30. The van der Waals surface area contributed by atoms with Crippen molar-refractivity contribution in [2.24, 2.45) is 11.8 Å². The van der Waals surface area contributed by atoms with Crippen LogP contribution in [-0.4, -0.2) is 56.4 Å². The van der Waals surface area contributed by atoms with Gasteiger partial charge >= 0.3 is 15.4 Å². The van der Waals surface area contributed by atoms with Crippen molar-refractivity contribution in [1.82, 2.24) is 0 Å². The van der Waals surface area contributed by atoms with E-state index in [9.17, 15) is 17.2 Å². The summed E-state index contributed by atoms with van der Waals surface area (Å²) < 4.78 is 73.2. The molecule has 0 aromatic rings. The van der Waals surface area contributed by atoms with E-state index >= 15 is 0 Å². The molecule has 2 aliphatic carbocycles. The second kappa shape index (κ2) is 7.34. The number of rotatable bonds is 8. The fourth-order valence-electron chi connectivity index (χ4n) is 4.76. The molecule has 148 valence electrons. The van der Waals surface area contributed by atoms with Gasteiger partial charge in [0.2, 0.25) is 0 Å². The van der Waals surface area contributed by atoms with Crippen molar-refractivity contribution in [3.8, 4) is 0 Å². The zero-order valence-corrected chi connectivity index (χ0v) is 15.8. The highest BCUT2D eigenvalue weighted by atomic mass is 32.2. The van der Waals surface area contributed by atoms with Crippen LogP contribution in [0.25, 0.3) is 0 Å². The summed E-state index contributed by atoms with van der Waals surface area (Å²) >= 11 is 0. The van der Waals surface area contributed by atoms with Crippen LogP contribution in [0.1, 0.15) is 46.0 Å². The lowest BCUT2D eigenvalue weighted by atomic mass is 9.60. The predicted molar refractivity (Wildman–Crippen MR) is 87.2 cm³/mol. The first-order valence-electron chi connectivity index (χ1n) is 8.58. The highest BCUT2D eigenvalue weighted by Crippen LogP contribution is 2.53. The van der Waals surface area contributed by atoms with Crippen molar-refractivity contribution < 1.29 is 36.0 Å². The maximum Gasteiger partial charge on any atom is 0.392 e. The SMILES string of the molecule is CCOC12CC(C)CC(OC)(CC(COCC(F)(F)S(=O)(=O)O)C1)C2. The molecule has 0 amide bonds. The largest absolute Gasteiger partial charge is 0.392 e. The highest BCUT2D eigenvalue weighted by Gasteiger charge is 2.54. The fraction of sp³-hybridized carbons (Fsp3) is 1.00. The quantitative estimate of drug-likeness (QED) is 0.646. The van der Waals surface area contributed by atoms with Gasteiger partial charge in [0.25, 0.3) is 0 Å². The molecule has 4 unspecified atom stereocenters. The molecular weight excluding hydrogens is 358 g/mol. The summed E-state index contributed by atoms with van der Waals surface area (Å²) in [6.45, 7) is 3.25. The Bertz CT molecular complexity index is 569. The Morgan fingerprint density at radius 2 is 1.80 bits per heavy atom. The molecule has 25 heavy (non-hydrogen) atoms. The van der Waals surface area contributed by atoms with E-state index in [1.54, 1.807) is 7.11 Å². The number of hydrogen-bond donors (Lipinski definition) is 1. The third-order valence-electron chi connectivity index (χ3n) is 5.29. The van der Waals surface area contributed by atoms with Crippen LogP contribution in [0.4, 0.5) is 8.78 Å². The molecule has 4 atom stereocenters. The van der Waals surface area contributed by atoms with Crippen molar-refractivity contribution in [2.45, 2.75) is 62.4 Å². The first-order chi connectivity index (χ1) is 11.5. The van der Waals surface area contributed by atoms with Crippen molar-refractivity contribution in [2.75, 3.05) is 26.9 Å². The van der Waals surface area contributed by atoms with E-state index in [0.717, 1.165) is 19.3 Å². The Kier molecular flexibility index (Phi) is 6.15. The van der Waals surface area contributed by atoms with Crippen molar-refractivity contribution >= 4 is 10.1 Å². The number of ether oxygens (including phenoxy) is 3. The molecule has 0 aromatic heterocycles. The van der Waals surface area contributed by atoms with Gasteiger partial charge in [0.15, 0.2) is 0 Å². The van der Waals surface area contributed by atoms with E-state index in [4.69, 9.17) is 18.8 Å². The minimum absolute atomic E-state index is 0.0283. The summed E-state index contributed by atoms with van der Waals surface area (Å²) in [4.78, 5) is 0. The van der Waals surface area contributed by atoms with E-state index in [1.807, 2.05) is 6.92 Å². The van der Waals surface area contributed by atoms with Crippen LogP contribution in [0.15, 0.2) is 0 Å². The molecule has 2 bridgehead atoms. The third kappa shape index (κ3) is 4.68. The molecule has 2 fully saturated rings. The molecule has 2 rings (SSSR count). The average Bonchev–Trinajstić information content (AvgIpc) is 2.44. The van der Waals surface area contributed by atoms with E-state index in [0.29, 0.717) is 25.4 Å². The molecule has 0 radical (unpaired) electrons. The molecule has 2 saturated carbocycles. The number of methoxy groups -OCH3 is 1. The minimum atomic E-state index is -5.47. The van der Waals surface area contributed by atoms with Gasteiger partial charge in [0.1, 0.15) is 6.61 Å². The Morgan fingerprint density at radius 3 is 2.36 bits per heavy atom. The van der Waals surface area contributed by atoms with Crippen LogP contribution in [0, 0.1) is 11.8 Å². The summed E-state index contributed by atoms with van der Waals surface area (Å²) in [6.07, 6.45) is 3.83. The van der Waals surface area contributed by atoms with Gasteiger partial charge in [-0.15, -0.1) is 0 Å². The summed E-state index contributed by atoms with van der Waals surface area (Å²) in [7, 11) is -3.82. The smallest absolute Gasteiger partial charge is 0.378 e. The molecule has 0 aliphatic heterocycles.